The van der Waals surface area contributed by atoms with Crippen molar-refractivity contribution in [3.05, 3.63) is 0 Å². The van der Waals surface area contributed by atoms with Crippen molar-refractivity contribution in [2.75, 3.05) is 13.6 Å². The average molecular weight is 199 g/mol. The van der Waals surface area contributed by atoms with Gasteiger partial charge in [0, 0.05) is 13.0 Å². The van der Waals surface area contributed by atoms with Crippen LogP contribution in [0.2, 0.25) is 0 Å². The van der Waals surface area contributed by atoms with E-state index < -0.39 is 5.41 Å². The second-order valence-electron chi connectivity index (χ2n) is 4.36. The van der Waals surface area contributed by atoms with Gasteiger partial charge in [-0.3, -0.25) is 9.79 Å². The third-order valence-corrected chi connectivity index (χ3v) is 2.09. The monoisotopic (exact) mass is 199 g/mol. The van der Waals surface area contributed by atoms with E-state index in [9.17, 15) is 4.79 Å². The van der Waals surface area contributed by atoms with Crippen molar-refractivity contribution in [3.63, 3.8) is 0 Å². The Hall–Kier alpha value is -1.06. The molecule has 14 heavy (non-hydrogen) atoms. The van der Waals surface area contributed by atoms with Gasteiger partial charge in [0.15, 0.2) is 0 Å². The summed E-state index contributed by atoms with van der Waals surface area (Å²) in [6.45, 7) is 8.08. The molecule has 0 aliphatic rings. The molecule has 0 unspecified atom stereocenters. The zero-order chi connectivity index (χ0) is 11.4. The van der Waals surface area contributed by atoms with Crippen molar-refractivity contribution < 1.29 is 4.79 Å². The summed E-state index contributed by atoms with van der Waals surface area (Å²) in [4.78, 5) is 15.6. The molecule has 0 aliphatic carbocycles. The van der Waals surface area contributed by atoms with Crippen LogP contribution in [-0.2, 0) is 4.79 Å². The first-order chi connectivity index (χ1) is 6.31. The molecule has 0 saturated carbocycles. The molecular formula is C10H21N3O. The molecule has 3 N–H and O–H groups in total. The third kappa shape index (κ3) is 3.77. The number of hydrogen-bond donors (Lipinski definition) is 2. The fraction of sp³-hybridized carbons (Fsp3) is 0.800. The summed E-state index contributed by atoms with van der Waals surface area (Å²) in [5, 5.41) is 2.61. The number of nitrogens with two attached hydrogens (primary N) is 1. The Kier molecular flexibility index (Phi) is 4.60. The zero-order valence-electron chi connectivity index (χ0n) is 9.72. The molecule has 0 fully saturated rings. The molecule has 0 radical (unpaired) electrons. The predicted octanol–water partition coefficient (Wildman–Crippen LogP) is 0.772. The van der Waals surface area contributed by atoms with E-state index in [1.165, 1.54) is 0 Å². The van der Waals surface area contributed by atoms with Gasteiger partial charge in [-0.1, -0.05) is 13.8 Å². The SMILES string of the molecule is CNC(=O)C(C)(C)CN=C(N)C(C)C. The maximum absolute atomic E-state index is 11.4. The highest BCUT2D eigenvalue weighted by molar-refractivity contribution is 5.84. The van der Waals surface area contributed by atoms with Crippen LogP contribution in [-0.4, -0.2) is 25.3 Å². The number of carbonyl (C=O) groups is 1. The molecule has 0 aromatic carbocycles. The molecule has 0 saturated heterocycles. The molecule has 0 rings (SSSR count). The first kappa shape index (κ1) is 12.9. The van der Waals surface area contributed by atoms with Gasteiger partial charge in [-0.05, 0) is 13.8 Å². The van der Waals surface area contributed by atoms with Crippen LogP contribution < -0.4 is 11.1 Å². The number of hydrogen-bond acceptors (Lipinski definition) is 2. The van der Waals surface area contributed by atoms with Gasteiger partial charge >= 0.3 is 0 Å². The lowest BCUT2D eigenvalue weighted by molar-refractivity contribution is -0.128. The Labute approximate surface area is 86.0 Å². The van der Waals surface area contributed by atoms with Gasteiger partial charge in [0.1, 0.15) is 0 Å². The fourth-order valence-electron chi connectivity index (χ4n) is 0.882. The number of nitrogens with zero attached hydrogens (tertiary/aromatic N) is 1. The maximum Gasteiger partial charge on any atom is 0.227 e. The van der Waals surface area contributed by atoms with E-state index in [0.717, 1.165) is 0 Å². The lowest BCUT2D eigenvalue weighted by atomic mass is 9.92. The molecule has 0 bridgehead atoms. The van der Waals surface area contributed by atoms with Crippen LogP contribution in [0.1, 0.15) is 27.7 Å². The van der Waals surface area contributed by atoms with Gasteiger partial charge in [0.05, 0.1) is 17.8 Å². The summed E-state index contributed by atoms with van der Waals surface area (Å²) < 4.78 is 0. The van der Waals surface area contributed by atoms with Crippen LogP contribution in [0.15, 0.2) is 4.99 Å². The minimum absolute atomic E-state index is 0.0159. The number of carbonyl (C=O) groups excluding carboxylic acids is 1. The predicted molar refractivity (Wildman–Crippen MR) is 59.2 cm³/mol. The molecule has 0 spiro atoms. The molecule has 0 aliphatic heterocycles. The number of rotatable bonds is 4. The fourth-order valence-corrected chi connectivity index (χ4v) is 0.882. The second-order valence-corrected chi connectivity index (χ2v) is 4.36. The topological polar surface area (TPSA) is 67.5 Å². The largest absolute Gasteiger partial charge is 0.387 e. The Morgan fingerprint density at radius 2 is 2.00 bits per heavy atom. The van der Waals surface area contributed by atoms with Crippen LogP contribution >= 0.6 is 0 Å². The van der Waals surface area contributed by atoms with Gasteiger partial charge in [-0.25, -0.2) is 0 Å². The molecule has 0 aromatic heterocycles. The van der Waals surface area contributed by atoms with Crippen molar-refractivity contribution in [1.29, 1.82) is 0 Å². The number of amides is 1. The van der Waals surface area contributed by atoms with Crippen LogP contribution in [0.4, 0.5) is 0 Å². The lowest BCUT2D eigenvalue weighted by Crippen LogP contribution is -2.37. The normalized spacial score (nSPS) is 13.1. The third-order valence-electron chi connectivity index (χ3n) is 2.09. The van der Waals surface area contributed by atoms with E-state index in [2.05, 4.69) is 10.3 Å². The molecular weight excluding hydrogens is 178 g/mol. The van der Waals surface area contributed by atoms with Crippen molar-refractivity contribution in [3.8, 4) is 0 Å². The minimum Gasteiger partial charge on any atom is -0.387 e. The van der Waals surface area contributed by atoms with E-state index in [4.69, 9.17) is 5.73 Å². The van der Waals surface area contributed by atoms with Crippen molar-refractivity contribution in [2.24, 2.45) is 22.1 Å². The maximum atomic E-state index is 11.4. The summed E-state index contributed by atoms with van der Waals surface area (Å²) in [6.07, 6.45) is 0. The lowest BCUT2D eigenvalue weighted by Gasteiger charge is -2.20. The van der Waals surface area contributed by atoms with Crippen molar-refractivity contribution in [1.82, 2.24) is 5.32 Å². The molecule has 4 heteroatoms. The summed E-state index contributed by atoms with van der Waals surface area (Å²) in [6, 6.07) is 0. The van der Waals surface area contributed by atoms with Crippen molar-refractivity contribution in [2.45, 2.75) is 27.7 Å². The smallest absolute Gasteiger partial charge is 0.227 e. The highest BCUT2D eigenvalue weighted by Gasteiger charge is 2.26. The Bertz CT molecular complexity index is 232. The summed E-state index contributed by atoms with van der Waals surface area (Å²) >= 11 is 0. The van der Waals surface area contributed by atoms with E-state index in [1.54, 1.807) is 7.05 Å². The van der Waals surface area contributed by atoms with Crippen LogP contribution in [0, 0.1) is 11.3 Å². The molecule has 0 atom stereocenters. The van der Waals surface area contributed by atoms with Crippen LogP contribution in [0.3, 0.4) is 0 Å². The summed E-state index contributed by atoms with van der Waals surface area (Å²) in [5.41, 5.74) is 5.19. The molecule has 82 valence electrons. The van der Waals surface area contributed by atoms with E-state index in [1.807, 2.05) is 27.7 Å². The summed E-state index contributed by atoms with van der Waals surface area (Å²) in [5.74, 6) is 0.815. The highest BCUT2D eigenvalue weighted by atomic mass is 16.2. The Morgan fingerprint density at radius 3 is 2.36 bits per heavy atom. The molecule has 0 heterocycles. The average Bonchev–Trinajstić information content (AvgIpc) is 2.12. The van der Waals surface area contributed by atoms with E-state index >= 15 is 0 Å². The van der Waals surface area contributed by atoms with E-state index in [0.29, 0.717) is 12.4 Å². The summed E-state index contributed by atoms with van der Waals surface area (Å²) in [7, 11) is 1.62. The Morgan fingerprint density at radius 1 is 1.50 bits per heavy atom. The molecule has 0 aromatic rings. The minimum atomic E-state index is -0.492. The van der Waals surface area contributed by atoms with Gasteiger partial charge < -0.3 is 11.1 Å². The van der Waals surface area contributed by atoms with Gasteiger partial charge in [0.25, 0.3) is 0 Å². The van der Waals surface area contributed by atoms with Gasteiger partial charge in [0.2, 0.25) is 5.91 Å². The number of nitrogens with one attached hydrogen (secondary N) is 1. The highest BCUT2D eigenvalue weighted by Crippen LogP contribution is 2.15. The van der Waals surface area contributed by atoms with Gasteiger partial charge in [-0.2, -0.15) is 0 Å². The number of aliphatic imine (C=N–C) groups is 1. The standard InChI is InChI=1S/C10H21N3O/c1-7(2)8(11)13-6-10(3,4)9(14)12-5/h7H,6H2,1-5H3,(H2,11,13)(H,12,14). The quantitative estimate of drug-likeness (QED) is 0.519. The van der Waals surface area contributed by atoms with Gasteiger partial charge in [-0.15, -0.1) is 0 Å². The zero-order valence-corrected chi connectivity index (χ0v) is 9.72. The Balaban J connectivity index is 4.38. The first-order valence-corrected chi connectivity index (χ1v) is 4.83. The van der Waals surface area contributed by atoms with Crippen molar-refractivity contribution >= 4 is 11.7 Å². The first-order valence-electron chi connectivity index (χ1n) is 4.83. The van der Waals surface area contributed by atoms with Crippen LogP contribution in [0.5, 0.6) is 0 Å². The molecule has 4 nitrogen and oxygen atoms in total. The number of amidine groups is 1. The van der Waals surface area contributed by atoms with Crippen LogP contribution in [0.25, 0.3) is 0 Å². The second kappa shape index (κ2) is 4.98. The molecule has 1 amide bonds. The van der Waals surface area contributed by atoms with E-state index in [-0.39, 0.29) is 11.8 Å².